The Kier molecular flexibility index (Phi) is 2.35. The predicted molar refractivity (Wildman–Crippen MR) is 42.3 cm³/mol. The first-order valence-electron chi connectivity index (χ1n) is 2.50. The van der Waals surface area contributed by atoms with Gasteiger partial charge >= 0.3 is 6.10 Å². The largest absolute Gasteiger partial charge is 0.390 e. The van der Waals surface area contributed by atoms with Crippen LogP contribution in [0, 0.1) is 0 Å². The van der Waals surface area contributed by atoms with Gasteiger partial charge < -0.3 is 15.3 Å². The molecule has 0 radical (unpaired) electrons. The van der Waals surface area contributed by atoms with E-state index in [-0.39, 0.29) is 4.60 Å². The van der Waals surface area contributed by atoms with E-state index in [4.69, 9.17) is 15.3 Å². The van der Waals surface area contributed by atoms with Crippen LogP contribution in [0.5, 0.6) is 0 Å². The van der Waals surface area contributed by atoms with Crippen molar-refractivity contribution in [3.8, 4) is 0 Å². The Hall–Kier alpha value is 0.0500. The standard InChI is InChI=1S/C4H4Br2N2O3/c5-2-1-3(6)8(7-2)4(9,10)11/h1,9-11H. The fraction of sp³-hybridized carbons (Fsp3) is 0.250. The first-order valence-corrected chi connectivity index (χ1v) is 4.08. The lowest BCUT2D eigenvalue weighted by Crippen LogP contribution is -2.33. The van der Waals surface area contributed by atoms with Crippen molar-refractivity contribution in [2.45, 2.75) is 6.10 Å². The molecule has 0 saturated heterocycles. The topological polar surface area (TPSA) is 78.5 Å². The Morgan fingerprint density at radius 3 is 2.09 bits per heavy atom. The van der Waals surface area contributed by atoms with Gasteiger partial charge in [0, 0.05) is 6.07 Å². The van der Waals surface area contributed by atoms with Gasteiger partial charge in [0.1, 0.15) is 9.21 Å². The zero-order chi connectivity index (χ0) is 8.65. The Balaban J connectivity index is 3.13. The lowest BCUT2D eigenvalue weighted by atomic mass is 10.7. The maximum absolute atomic E-state index is 8.64. The molecule has 1 rings (SSSR count). The third-order valence-corrected chi connectivity index (χ3v) is 1.87. The summed E-state index contributed by atoms with van der Waals surface area (Å²) in [6.07, 6.45) is -2.97. The minimum atomic E-state index is -2.97. The van der Waals surface area contributed by atoms with Crippen molar-refractivity contribution in [1.29, 1.82) is 0 Å². The van der Waals surface area contributed by atoms with Crippen molar-refractivity contribution in [2.75, 3.05) is 0 Å². The molecule has 7 heteroatoms. The fourth-order valence-corrected chi connectivity index (χ4v) is 1.76. The fourth-order valence-electron chi connectivity index (χ4n) is 0.542. The lowest BCUT2D eigenvalue weighted by molar-refractivity contribution is -0.382. The summed E-state index contributed by atoms with van der Waals surface area (Å²) in [4.78, 5) is 0. The van der Waals surface area contributed by atoms with Crippen LogP contribution in [0.2, 0.25) is 0 Å². The number of halogens is 2. The van der Waals surface area contributed by atoms with Crippen LogP contribution in [0.25, 0.3) is 0 Å². The summed E-state index contributed by atoms with van der Waals surface area (Å²) in [5.41, 5.74) is 0. The molecule has 11 heavy (non-hydrogen) atoms. The Labute approximate surface area is 78.5 Å². The zero-order valence-corrected chi connectivity index (χ0v) is 8.24. The SMILES string of the molecule is OC(O)(O)n1nc(Br)cc1Br. The van der Waals surface area contributed by atoms with E-state index in [1.54, 1.807) is 0 Å². The first kappa shape index (κ1) is 9.14. The highest BCUT2D eigenvalue weighted by atomic mass is 79.9. The van der Waals surface area contributed by atoms with Crippen molar-refractivity contribution >= 4 is 31.9 Å². The average molecular weight is 288 g/mol. The number of rotatable bonds is 1. The Morgan fingerprint density at radius 2 is 1.91 bits per heavy atom. The van der Waals surface area contributed by atoms with Crippen LogP contribution in [0.15, 0.2) is 15.3 Å². The number of aliphatic hydroxyl groups is 3. The van der Waals surface area contributed by atoms with E-state index in [0.29, 0.717) is 9.28 Å². The van der Waals surface area contributed by atoms with E-state index in [1.807, 2.05) is 0 Å². The molecule has 0 aromatic carbocycles. The van der Waals surface area contributed by atoms with Gasteiger partial charge in [-0.05, 0) is 31.9 Å². The van der Waals surface area contributed by atoms with Crippen LogP contribution in [-0.2, 0) is 6.10 Å². The molecule has 0 fully saturated rings. The lowest BCUT2D eigenvalue weighted by Gasteiger charge is -2.14. The molecule has 1 aromatic heterocycles. The number of hydrogen-bond acceptors (Lipinski definition) is 4. The van der Waals surface area contributed by atoms with Gasteiger partial charge in [0.15, 0.2) is 0 Å². The smallest absolute Gasteiger partial charge is 0.324 e. The summed E-state index contributed by atoms with van der Waals surface area (Å²) in [6.45, 7) is 0. The molecule has 1 heterocycles. The van der Waals surface area contributed by atoms with Crippen molar-refractivity contribution in [2.24, 2.45) is 0 Å². The predicted octanol–water partition coefficient (Wildman–Crippen LogP) is -0.0472. The summed E-state index contributed by atoms with van der Waals surface area (Å²) in [5, 5.41) is 29.4. The van der Waals surface area contributed by atoms with Crippen LogP contribution < -0.4 is 0 Å². The van der Waals surface area contributed by atoms with E-state index >= 15 is 0 Å². The van der Waals surface area contributed by atoms with E-state index in [0.717, 1.165) is 0 Å². The zero-order valence-electron chi connectivity index (χ0n) is 5.07. The molecular formula is C4H4Br2N2O3. The van der Waals surface area contributed by atoms with Gasteiger partial charge in [-0.2, -0.15) is 9.78 Å². The second kappa shape index (κ2) is 2.83. The highest BCUT2D eigenvalue weighted by molar-refractivity contribution is 9.11. The van der Waals surface area contributed by atoms with Gasteiger partial charge in [0.25, 0.3) is 0 Å². The summed E-state index contributed by atoms with van der Waals surface area (Å²) in [7, 11) is 0. The van der Waals surface area contributed by atoms with Crippen LogP contribution in [0.4, 0.5) is 0 Å². The van der Waals surface area contributed by atoms with E-state index in [1.165, 1.54) is 6.07 Å². The van der Waals surface area contributed by atoms with Crippen LogP contribution in [0.3, 0.4) is 0 Å². The van der Waals surface area contributed by atoms with Gasteiger partial charge in [0.2, 0.25) is 0 Å². The summed E-state index contributed by atoms with van der Waals surface area (Å²) < 4.78 is 1.22. The Bertz CT molecular complexity index is 267. The van der Waals surface area contributed by atoms with Crippen molar-refractivity contribution in [3.05, 3.63) is 15.3 Å². The molecule has 0 spiro atoms. The average Bonchev–Trinajstić information content (AvgIpc) is 2.08. The third kappa shape index (κ3) is 2.00. The van der Waals surface area contributed by atoms with E-state index < -0.39 is 6.10 Å². The maximum atomic E-state index is 8.64. The molecule has 5 nitrogen and oxygen atoms in total. The maximum Gasteiger partial charge on any atom is 0.390 e. The van der Waals surface area contributed by atoms with Gasteiger partial charge in [-0.1, -0.05) is 0 Å². The monoisotopic (exact) mass is 286 g/mol. The quantitative estimate of drug-likeness (QED) is 0.633. The van der Waals surface area contributed by atoms with Crippen LogP contribution in [-0.4, -0.2) is 25.1 Å². The molecule has 3 N–H and O–H groups in total. The minimum Gasteiger partial charge on any atom is -0.324 e. The highest BCUT2D eigenvalue weighted by Crippen LogP contribution is 2.19. The molecule has 0 amide bonds. The molecule has 62 valence electrons. The molecule has 0 atom stereocenters. The normalized spacial score (nSPS) is 12.1. The molecule has 0 unspecified atom stereocenters. The van der Waals surface area contributed by atoms with Gasteiger partial charge in [0.05, 0.1) is 0 Å². The second-order valence-corrected chi connectivity index (χ2v) is 3.43. The van der Waals surface area contributed by atoms with Gasteiger partial charge in [-0.3, -0.25) is 0 Å². The van der Waals surface area contributed by atoms with E-state index in [9.17, 15) is 0 Å². The molecular weight excluding hydrogens is 284 g/mol. The van der Waals surface area contributed by atoms with Crippen molar-refractivity contribution < 1.29 is 15.3 Å². The van der Waals surface area contributed by atoms with Crippen molar-refractivity contribution in [1.82, 2.24) is 9.78 Å². The molecule has 0 aliphatic carbocycles. The summed E-state index contributed by atoms with van der Waals surface area (Å²) in [5.74, 6) is 0. The van der Waals surface area contributed by atoms with Crippen molar-refractivity contribution in [3.63, 3.8) is 0 Å². The molecule has 0 bridgehead atoms. The number of aromatic nitrogens is 2. The summed E-state index contributed by atoms with van der Waals surface area (Å²) >= 11 is 5.92. The molecule has 0 saturated carbocycles. The third-order valence-electron chi connectivity index (χ3n) is 0.920. The van der Waals surface area contributed by atoms with Gasteiger partial charge in [-0.25, -0.2) is 0 Å². The van der Waals surface area contributed by atoms with E-state index in [2.05, 4.69) is 37.0 Å². The highest BCUT2D eigenvalue weighted by Gasteiger charge is 2.25. The molecule has 0 aliphatic heterocycles. The summed E-state index contributed by atoms with van der Waals surface area (Å²) in [6, 6.07) is 1.46. The molecule has 0 aliphatic rings. The number of nitrogens with zero attached hydrogens (tertiary/aromatic N) is 2. The second-order valence-electron chi connectivity index (χ2n) is 1.80. The first-order chi connectivity index (χ1) is 4.91. The molecule has 1 aromatic rings. The van der Waals surface area contributed by atoms with Gasteiger partial charge in [-0.15, -0.1) is 0 Å². The van der Waals surface area contributed by atoms with Crippen LogP contribution >= 0.6 is 31.9 Å². The Morgan fingerprint density at radius 1 is 1.36 bits per heavy atom. The number of hydrogen-bond donors (Lipinski definition) is 3. The minimum absolute atomic E-state index is 0.247. The van der Waals surface area contributed by atoms with Crippen LogP contribution in [0.1, 0.15) is 0 Å².